The lowest BCUT2D eigenvalue weighted by Crippen LogP contribution is -2.56. The van der Waals surface area contributed by atoms with Crippen LogP contribution in [0.1, 0.15) is 86.7 Å². The summed E-state index contributed by atoms with van der Waals surface area (Å²) in [7, 11) is 0. The summed E-state index contributed by atoms with van der Waals surface area (Å²) in [5.74, 6) is 0.693. The standard InChI is InChI=1S/C38H41BrN4O8/c1-3-23-12-11-16-27-32(19-29(31(44)21-39)40-33(23)27)50-26-18-30-34(45)42-38(36(47)49-2)20-24(38)13-7-5-4-6-8-17-28(35(46)43(30)22-26)41-37(48)51-25-14-9-10-15-25/h1,7,11-13,16,19,24-26,28,30H,2,4-6,8-10,14-15,17-18,20-22H2,(H-,41,42,45,48)/p+1/b13-7-/t24?,26-,28+,30+,38-/m1/s1. The van der Waals surface area contributed by atoms with Gasteiger partial charge in [-0.3, -0.25) is 18.8 Å². The Bertz CT molecular complexity index is 1800. The van der Waals surface area contributed by atoms with Gasteiger partial charge in [-0.2, -0.15) is 0 Å². The third kappa shape index (κ3) is 7.86. The quantitative estimate of drug-likeness (QED) is 0.138. The zero-order valence-electron chi connectivity index (χ0n) is 28.4. The Morgan fingerprint density at radius 2 is 1.92 bits per heavy atom. The molecule has 6 rings (SSSR count). The molecule has 1 unspecified atom stereocenters. The Morgan fingerprint density at radius 3 is 2.67 bits per heavy atom. The van der Waals surface area contributed by atoms with Crippen LogP contribution in [-0.4, -0.2) is 88.0 Å². The van der Waals surface area contributed by atoms with E-state index in [1.165, 1.54) is 11.0 Å². The largest absolute Gasteiger partial charge is 0.605 e. The van der Waals surface area contributed by atoms with Crippen LogP contribution in [-0.2, 0) is 23.5 Å². The predicted molar refractivity (Wildman–Crippen MR) is 191 cm³/mol. The lowest BCUT2D eigenvalue weighted by Gasteiger charge is -2.29. The maximum atomic E-state index is 14.4. The highest BCUT2D eigenvalue weighted by Gasteiger charge is 2.68. The Kier molecular flexibility index (Phi) is 11.2. The number of rotatable bonds is 7. The van der Waals surface area contributed by atoms with Crippen LogP contribution < -0.4 is 15.4 Å². The van der Waals surface area contributed by atoms with E-state index in [2.05, 4.69) is 44.3 Å². The van der Waals surface area contributed by atoms with E-state index in [1.807, 2.05) is 12.2 Å². The van der Waals surface area contributed by atoms with Crippen LogP contribution in [0.2, 0.25) is 0 Å². The first kappa shape index (κ1) is 36.2. The molecule has 268 valence electrons. The number of carbonyl (C=O) groups excluding carboxylic acids is 6. The highest BCUT2D eigenvalue weighted by atomic mass is 79.9. The molecule has 0 bridgehead atoms. The number of allylic oxidation sites excluding steroid dienone is 1. The van der Waals surface area contributed by atoms with Gasteiger partial charge in [-0.25, -0.2) is 9.78 Å². The van der Waals surface area contributed by atoms with E-state index in [4.69, 9.17) is 20.3 Å². The highest BCUT2D eigenvalue weighted by Crippen LogP contribution is 2.46. The van der Waals surface area contributed by atoms with Crippen molar-refractivity contribution in [2.24, 2.45) is 5.92 Å². The smallest absolute Gasteiger partial charge is 0.488 e. The molecule has 3 fully saturated rings. The summed E-state index contributed by atoms with van der Waals surface area (Å²) in [6.07, 6.45) is 15.4. The van der Waals surface area contributed by atoms with Crippen molar-refractivity contribution in [1.29, 1.82) is 0 Å². The first-order chi connectivity index (χ1) is 24.7. The molecule has 4 aliphatic rings. The summed E-state index contributed by atoms with van der Waals surface area (Å²) >= 11 is 3.21. The molecule has 1 aromatic carbocycles. The van der Waals surface area contributed by atoms with Gasteiger partial charge in [-0.05, 0) is 63.5 Å². The number of pyridine rings is 1. The average Bonchev–Trinajstić information content (AvgIpc) is 3.41. The molecule has 3 heterocycles. The number of ketones is 1. The number of alkyl halides is 1. The molecule has 2 aromatic rings. The van der Waals surface area contributed by atoms with E-state index in [0.717, 1.165) is 44.9 Å². The topological polar surface area (TPSA) is 155 Å². The number of hydrogen-bond acceptors (Lipinski definition) is 8. The van der Waals surface area contributed by atoms with Crippen LogP contribution in [0.25, 0.3) is 10.9 Å². The minimum absolute atomic E-state index is 0.0107. The molecule has 13 heteroatoms. The van der Waals surface area contributed by atoms with Gasteiger partial charge < -0.3 is 25.0 Å². The molecule has 51 heavy (non-hydrogen) atoms. The molecule has 1 saturated heterocycles. The molecule has 2 aliphatic carbocycles. The molecule has 2 aliphatic heterocycles. The maximum Gasteiger partial charge on any atom is 0.605 e. The van der Waals surface area contributed by atoms with Crippen LogP contribution in [0.4, 0.5) is 4.79 Å². The van der Waals surface area contributed by atoms with Gasteiger partial charge in [0, 0.05) is 23.8 Å². The molecule has 5 atom stereocenters. The second kappa shape index (κ2) is 15.8. The van der Waals surface area contributed by atoms with Crippen molar-refractivity contribution in [1.82, 2.24) is 20.5 Å². The van der Waals surface area contributed by atoms with Gasteiger partial charge in [0.05, 0.1) is 27.7 Å². The third-order valence-electron chi connectivity index (χ3n) is 10.3. The van der Waals surface area contributed by atoms with E-state index in [-0.39, 0.29) is 41.8 Å². The fourth-order valence-electron chi connectivity index (χ4n) is 7.42. The molecular weight excluding hydrogens is 720 g/mol. The minimum Gasteiger partial charge on any atom is -0.488 e. The van der Waals surface area contributed by atoms with Gasteiger partial charge in [0.2, 0.25) is 17.4 Å². The lowest BCUT2D eigenvalue weighted by molar-refractivity contribution is -0.372. The van der Waals surface area contributed by atoms with Gasteiger partial charge in [0.15, 0.2) is 12.6 Å². The van der Waals surface area contributed by atoms with Crippen LogP contribution in [0, 0.1) is 18.3 Å². The molecule has 2 N–H and O–H groups in total. The van der Waals surface area contributed by atoms with Crippen molar-refractivity contribution in [3.63, 3.8) is 0 Å². The molecule has 3 amide bonds. The number of para-hydroxylation sites is 1. The van der Waals surface area contributed by atoms with Crippen molar-refractivity contribution in [3.8, 4) is 18.1 Å². The SMILES string of the molecule is C#Cc1cccc2c(O[C@@H]3C[C@H]4C(=O)N[C@]5(C(=O)[O+]=C)CC5/C=C\CCCCC[C@H](NC(=O)OC5CCCC5)C(=O)N4C3)cc(C(=O)CBr)nc12. The van der Waals surface area contributed by atoms with Crippen LogP contribution >= 0.6 is 15.9 Å². The predicted octanol–water partition coefficient (Wildman–Crippen LogP) is 4.47. The normalized spacial score (nSPS) is 27.5. The first-order valence-electron chi connectivity index (χ1n) is 17.6. The van der Waals surface area contributed by atoms with Gasteiger partial charge in [0.1, 0.15) is 35.7 Å². The maximum absolute atomic E-state index is 14.4. The number of Topliss-reactive ketones (excluding diaryl/α,β-unsaturated/α-hetero) is 1. The van der Waals surface area contributed by atoms with E-state index >= 15 is 0 Å². The van der Waals surface area contributed by atoms with E-state index in [0.29, 0.717) is 41.5 Å². The summed E-state index contributed by atoms with van der Waals surface area (Å²) < 4.78 is 17.0. The van der Waals surface area contributed by atoms with Crippen LogP contribution in [0.5, 0.6) is 5.75 Å². The molecule has 0 radical (unpaired) electrons. The number of amides is 3. The molecule has 0 spiro atoms. The summed E-state index contributed by atoms with van der Waals surface area (Å²) in [5.41, 5.74) is -0.270. The number of alkyl carbamates (subject to hydrolysis) is 1. The Morgan fingerprint density at radius 1 is 1.14 bits per heavy atom. The molecule has 2 saturated carbocycles. The zero-order chi connectivity index (χ0) is 36.1. The second-order valence-electron chi connectivity index (χ2n) is 13.7. The van der Waals surface area contributed by atoms with Crippen molar-refractivity contribution in [3.05, 3.63) is 47.7 Å². The van der Waals surface area contributed by atoms with Gasteiger partial charge in [-0.1, -0.05) is 52.9 Å². The molecular formula is C38H42BrN4O8+. The number of fused-ring (bicyclic) bond motifs is 3. The van der Waals surface area contributed by atoms with Crippen LogP contribution in [0.15, 0.2) is 36.4 Å². The van der Waals surface area contributed by atoms with Gasteiger partial charge >= 0.3 is 12.1 Å². The number of ether oxygens (including phenoxy) is 2. The number of nitrogens with one attached hydrogen (secondary N) is 2. The van der Waals surface area contributed by atoms with Crippen LogP contribution in [0.3, 0.4) is 0 Å². The number of carbonyl (C=O) groups is 5. The third-order valence-corrected chi connectivity index (χ3v) is 10.8. The molecule has 12 nitrogen and oxygen atoms in total. The summed E-state index contributed by atoms with van der Waals surface area (Å²) in [6, 6.07) is 4.78. The van der Waals surface area contributed by atoms with Crippen molar-refractivity contribution >= 4 is 63.3 Å². The summed E-state index contributed by atoms with van der Waals surface area (Å²) in [5, 5.41) is 6.30. The minimum atomic E-state index is -1.30. The highest BCUT2D eigenvalue weighted by molar-refractivity contribution is 9.09. The number of terminal acetylenes is 1. The first-order valence-corrected chi connectivity index (χ1v) is 18.7. The number of benzene rings is 1. The van der Waals surface area contributed by atoms with Gasteiger partial charge in [0.25, 0.3) is 0 Å². The van der Waals surface area contributed by atoms with E-state index in [1.54, 1.807) is 18.2 Å². The molecule has 1 aromatic heterocycles. The fraction of sp³-hybridized carbons (Fsp3) is 0.500. The van der Waals surface area contributed by atoms with Crippen molar-refractivity contribution < 1.29 is 37.9 Å². The van der Waals surface area contributed by atoms with Crippen molar-refractivity contribution in [2.45, 2.75) is 100 Å². The number of nitrogens with zero attached hydrogens (tertiary/aromatic N) is 2. The summed E-state index contributed by atoms with van der Waals surface area (Å²) in [6.45, 7) is 3.28. The van der Waals surface area contributed by atoms with E-state index < -0.39 is 47.6 Å². The Balaban J connectivity index is 1.33. The zero-order valence-corrected chi connectivity index (χ0v) is 30.0. The fourth-order valence-corrected chi connectivity index (χ4v) is 7.71. The average molecular weight is 763 g/mol. The Hall–Kier alpha value is -4.57. The van der Waals surface area contributed by atoms with Crippen molar-refractivity contribution in [2.75, 3.05) is 11.9 Å². The number of halogens is 1. The summed E-state index contributed by atoms with van der Waals surface area (Å²) in [4.78, 5) is 73.4. The van der Waals surface area contributed by atoms with E-state index in [9.17, 15) is 24.0 Å². The monoisotopic (exact) mass is 761 g/mol. The Labute approximate surface area is 304 Å². The lowest BCUT2D eigenvalue weighted by atomic mass is 10.0. The number of hydrogen-bond donors (Lipinski definition) is 2. The second-order valence-corrected chi connectivity index (χ2v) is 14.2. The van der Waals surface area contributed by atoms with Gasteiger partial charge in [-0.15, -0.1) is 6.42 Å². The number of aromatic nitrogens is 1.